The Kier molecular flexibility index (Phi) is 3.81. The minimum absolute atomic E-state index is 0.0440. The number of rotatable bonds is 2. The zero-order valence-electron chi connectivity index (χ0n) is 10.8. The Morgan fingerprint density at radius 2 is 1.89 bits per heavy atom. The molecule has 2 atom stereocenters. The van der Waals surface area contributed by atoms with E-state index in [1.807, 2.05) is 24.3 Å². The molecule has 1 saturated heterocycles. The SMILES string of the molecule is OC[C@@H]1OC2(CCCCC2)O[C@H]1c1ccccc1Cl. The maximum Gasteiger partial charge on any atom is 0.169 e. The second-order valence-electron chi connectivity index (χ2n) is 5.37. The summed E-state index contributed by atoms with van der Waals surface area (Å²) in [4.78, 5) is 0. The van der Waals surface area contributed by atoms with E-state index in [1.165, 1.54) is 6.42 Å². The second-order valence-corrected chi connectivity index (χ2v) is 5.78. The lowest BCUT2D eigenvalue weighted by molar-refractivity contribution is -0.196. The smallest absolute Gasteiger partial charge is 0.169 e. The monoisotopic (exact) mass is 282 g/mol. The first-order chi connectivity index (χ1) is 9.24. The van der Waals surface area contributed by atoms with Gasteiger partial charge < -0.3 is 14.6 Å². The van der Waals surface area contributed by atoms with Crippen LogP contribution in [0.15, 0.2) is 24.3 Å². The van der Waals surface area contributed by atoms with Crippen LogP contribution < -0.4 is 0 Å². The minimum Gasteiger partial charge on any atom is -0.394 e. The lowest BCUT2D eigenvalue weighted by Gasteiger charge is -2.32. The van der Waals surface area contributed by atoms with E-state index < -0.39 is 5.79 Å². The first-order valence-electron chi connectivity index (χ1n) is 6.95. The molecule has 1 N–H and O–H groups in total. The van der Waals surface area contributed by atoms with Gasteiger partial charge in [0.25, 0.3) is 0 Å². The number of ether oxygens (including phenoxy) is 2. The van der Waals surface area contributed by atoms with Gasteiger partial charge in [-0.2, -0.15) is 0 Å². The van der Waals surface area contributed by atoms with Crippen molar-refractivity contribution in [2.45, 2.75) is 50.1 Å². The van der Waals surface area contributed by atoms with Gasteiger partial charge in [0.05, 0.1) is 6.61 Å². The molecule has 1 aromatic carbocycles. The van der Waals surface area contributed by atoms with Gasteiger partial charge in [-0.05, 0) is 18.9 Å². The van der Waals surface area contributed by atoms with Gasteiger partial charge >= 0.3 is 0 Å². The van der Waals surface area contributed by atoms with Gasteiger partial charge in [-0.1, -0.05) is 36.2 Å². The third kappa shape index (κ3) is 2.52. The Balaban J connectivity index is 1.87. The highest BCUT2D eigenvalue weighted by atomic mass is 35.5. The molecule has 1 aliphatic carbocycles. The van der Waals surface area contributed by atoms with E-state index in [0.717, 1.165) is 31.2 Å². The van der Waals surface area contributed by atoms with Crippen molar-refractivity contribution in [1.82, 2.24) is 0 Å². The van der Waals surface area contributed by atoms with Crippen LogP contribution >= 0.6 is 11.6 Å². The van der Waals surface area contributed by atoms with Crippen molar-refractivity contribution in [3.63, 3.8) is 0 Å². The highest BCUT2D eigenvalue weighted by molar-refractivity contribution is 6.31. The maximum absolute atomic E-state index is 9.55. The molecule has 0 radical (unpaired) electrons. The van der Waals surface area contributed by atoms with Crippen LogP contribution in [0.1, 0.15) is 43.8 Å². The summed E-state index contributed by atoms with van der Waals surface area (Å²) in [5, 5.41) is 10.2. The van der Waals surface area contributed by atoms with Crippen molar-refractivity contribution >= 4 is 11.6 Å². The van der Waals surface area contributed by atoms with Crippen LogP contribution in [-0.4, -0.2) is 23.6 Å². The molecule has 104 valence electrons. The van der Waals surface area contributed by atoms with E-state index in [1.54, 1.807) is 0 Å². The molecule has 1 aromatic rings. The predicted octanol–water partition coefficient (Wildman–Crippen LogP) is 3.45. The zero-order valence-corrected chi connectivity index (χ0v) is 11.6. The molecule has 0 bridgehead atoms. The van der Waals surface area contributed by atoms with Crippen molar-refractivity contribution in [2.24, 2.45) is 0 Å². The van der Waals surface area contributed by atoms with Crippen LogP contribution in [0.5, 0.6) is 0 Å². The van der Waals surface area contributed by atoms with Crippen molar-refractivity contribution in [3.8, 4) is 0 Å². The molecule has 1 aliphatic heterocycles. The summed E-state index contributed by atoms with van der Waals surface area (Å²) in [5.74, 6) is -0.504. The molecule has 1 spiro atoms. The standard InChI is InChI=1S/C15H19ClO3/c16-12-7-3-2-6-11(12)14-13(10-17)18-15(19-14)8-4-1-5-9-15/h2-3,6-7,13-14,17H,1,4-5,8-10H2/t13-,14-/m0/s1. The molecular formula is C15H19ClO3. The molecule has 3 nitrogen and oxygen atoms in total. The fraction of sp³-hybridized carbons (Fsp3) is 0.600. The first kappa shape index (κ1) is 13.4. The van der Waals surface area contributed by atoms with Gasteiger partial charge in [0.2, 0.25) is 0 Å². The Morgan fingerprint density at radius 1 is 1.16 bits per heavy atom. The van der Waals surface area contributed by atoms with Crippen molar-refractivity contribution in [1.29, 1.82) is 0 Å². The molecule has 1 saturated carbocycles. The Hall–Kier alpha value is -0.610. The molecule has 4 heteroatoms. The first-order valence-corrected chi connectivity index (χ1v) is 7.33. The van der Waals surface area contributed by atoms with Crippen LogP contribution in [0, 0.1) is 0 Å². The van der Waals surface area contributed by atoms with Crippen molar-refractivity contribution in [2.75, 3.05) is 6.61 Å². The van der Waals surface area contributed by atoms with Gasteiger partial charge in [-0.15, -0.1) is 0 Å². The van der Waals surface area contributed by atoms with Gasteiger partial charge in [0.1, 0.15) is 12.2 Å². The maximum atomic E-state index is 9.55. The normalized spacial score (nSPS) is 29.8. The van der Waals surface area contributed by atoms with Crippen LogP contribution in [0.4, 0.5) is 0 Å². The van der Waals surface area contributed by atoms with E-state index >= 15 is 0 Å². The van der Waals surface area contributed by atoms with Crippen LogP contribution in [0.2, 0.25) is 5.02 Å². The predicted molar refractivity (Wildman–Crippen MR) is 73.1 cm³/mol. The largest absolute Gasteiger partial charge is 0.394 e. The van der Waals surface area contributed by atoms with Crippen molar-refractivity contribution < 1.29 is 14.6 Å². The molecule has 0 aromatic heterocycles. The number of hydrogen-bond acceptors (Lipinski definition) is 3. The summed E-state index contributed by atoms with van der Waals surface area (Å²) in [7, 11) is 0. The Bertz CT molecular complexity index is 443. The van der Waals surface area contributed by atoms with Crippen molar-refractivity contribution in [3.05, 3.63) is 34.9 Å². The molecule has 0 unspecified atom stereocenters. The van der Waals surface area contributed by atoms with E-state index in [9.17, 15) is 5.11 Å². The summed E-state index contributed by atoms with van der Waals surface area (Å²) < 4.78 is 12.2. The van der Waals surface area contributed by atoms with Gasteiger partial charge in [-0.3, -0.25) is 0 Å². The number of aliphatic hydroxyl groups is 1. The highest BCUT2D eigenvalue weighted by Crippen LogP contribution is 2.46. The van der Waals surface area contributed by atoms with E-state index in [-0.39, 0.29) is 18.8 Å². The number of hydrogen-bond donors (Lipinski definition) is 1. The molecule has 1 heterocycles. The fourth-order valence-electron chi connectivity index (χ4n) is 3.10. The zero-order chi connectivity index (χ0) is 13.3. The number of aliphatic hydroxyl groups excluding tert-OH is 1. The Morgan fingerprint density at radius 3 is 2.58 bits per heavy atom. The summed E-state index contributed by atoms with van der Waals surface area (Å²) in [6, 6.07) is 7.62. The van der Waals surface area contributed by atoms with E-state index in [4.69, 9.17) is 21.1 Å². The lowest BCUT2D eigenvalue weighted by atomic mass is 9.94. The fourth-order valence-corrected chi connectivity index (χ4v) is 3.34. The molecule has 3 rings (SSSR count). The lowest BCUT2D eigenvalue weighted by Crippen LogP contribution is -2.33. The average Bonchev–Trinajstić information content (AvgIpc) is 2.78. The summed E-state index contributed by atoms with van der Waals surface area (Å²) in [6.45, 7) is -0.0440. The topological polar surface area (TPSA) is 38.7 Å². The van der Waals surface area contributed by atoms with Gasteiger partial charge in [0, 0.05) is 23.4 Å². The van der Waals surface area contributed by atoms with E-state index in [0.29, 0.717) is 5.02 Å². The second kappa shape index (κ2) is 5.41. The van der Waals surface area contributed by atoms with Crippen LogP contribution in [0.3, 0.4) is 0 Å². The number of benzene rings is 1. The molecule has 0 amide bonds. The summed E-state index contributed by atoms with van der Waals surface area (Å²) in [6.07, 6.45) is 4.69. The summed E-state index contributed by atoms with van der Waals surface area (Å²) >= 11 is 6.24. The van der Waals surface area contributed by atoms with Crippen LogP contribution in [-0.2, 0) is 9.47 Å². The van der Waals surface area contributed by atoms with Gasteiger partial charge in [0.15, 0.2) is 5.79 Å². The molecule has 19 heavy (non-hydrogen) atoms. The third-order valence-corrected chi connectivity index (χ3v) is 4.40. The average molecular weight is 283 g/mol. The number of halogens is 1. The molecule has 2 fully saturated rings. The highest BCUT2D eigenvalue weighted by Gasteiger charge is 2.48. The van der Waals surface area contributed by atoms with Gasteiger partial charge in [-0.25, -0.2) is 0 Å². The van der Waals surface area contributed by atoms with E-state index in [2.05, 4.69) is 0 Å². The Labute approximate surface area is 118 Å². The molecular weight excluding hydrogens is 264 g/mol. The third-order valence-electron chi connectivity index (χ3n) is 4.05. The quantitative estimate of drug-likeness (QED) is 0.903. The summed E-state index contributed by atoms with van der Waals surface area (Å²) in [5.41, 5.74) is 0.908. The minimum atomic E-state index is -0.504. The van der Waals surface area contributed by atoms with Crippen LogP contribution in [0.25, 0.3) is 0 Å². The molecule has 2 aliphatic rings.